The molecule has 0 saturated heterocycles. The van der Waals surface area contributed by atoms with Gasteiger partial charge in [0.05, 0.1) is 15.6 Å². The van der Waals surface area contributed by atoms with E-state index < -0.39 is 15.6 Å². The van der Waals surface area contributed by atoms with Crippen molar-refractivity contribution in [2.45, 2.75) is 0 Å². The van der Waals surface area contributed by atoms with Gasteiger partial charge in [-0.2, -0.15) is 0 Å². The van der Waals surface area contributed by atoms with Crippen LogP contribution in [0.2, 0.25) is 0 Å². The van der Waals surface area contributed by atoms with E-state index in [4.69, 9.17) is 0 Å². The first-order valence-electron chi connectivity index (χ1n) is 1.46. The molecule has 0 aliphatic rings. The van der Waals surface area contributed by atoms with Crippen LogP contribution in [0.1, 0.15) is 0 Å². The first kappa shape index (κ1) is 18.8. The van der Waals surface area contributed by atoms with Gasteiger partial charge in [0.25, 0.3) is 0 Å². The van der Waals surface area contributed by atoms with E-state index in [1.807, 2.05) is 0 Å². The molecule has 7 nitrogen and oxygen atoms in total. The van der Waals surface area contributed by atoms with E-state index in [-0.39, 0.29) is 57.2 Å². The van der Waals surface area contributed by atoms with Crippen LogP contribution < -0.4 is 19.6 Å². The Morgan fingerprint density at radius 3 is 1.09 bits per heavy atom. The summed E-state index contributed by atoms with van der Waals surface area (Å²) in [6, 6.07) is 0. The number of hydrogen-bond donors (Lipinski definition) is 0. The van der Waals surface area contributed by atoms with E-state index in [9.17, 15) is 28.7 Å². The predicted molar refractivity (Wildman–Crippen MR) is 22.1 cm³/mol. The van der Waals surface area contributed by atoms with E-state index in [2.05, 4.69) is 4.31 Å². The van der Waals surface area contributed by atoms with Gasteiger partial charge in [0.15, 0.2) is 0 Å². The minimum atomic E-state index is -5.68. The fourth-order valence-corrected chi connectivity index (χ4v) is 1.10. The van der Waals surface area contributed by atoms with Crippen LogP contribution in [0, 0.1) is 0 Å². The van der Waals surface area contributed by atoms with Crippen molar-refractivity contribution in [1.82, 2.24) is 0 Å². The Hall–Kier alpha value is 2.14. The molecule has 0 aromatic heterocycles. The molecule has 0 aliphatic heterocycles. The molecule has 0 radical (unpaired) electrons. The van der Waals surface area contributed by atoms with Crippen molar-refractivity contribution in [2.75, 3.05) is 0 Å². The van der Waals surface area contributed by atoms with Crippen molar-refractivity contribution in [3.63, 3.8) is 0 Å². The molecule has 11 heteroatoms. The minimum Gasteiger partial charge on any atom is -0.790 e. The van der Waals surface area contributed by atoms with Crippen molar-refractivity contribution in [2.24, 2.45) is 0 Å². The van der Waals surface area contributed by atoms with Crippen LogP contribution in [0.15, 0.2) is 0 Å². The summed E-state index contributed by atoms with van der Waals surface area (Å²) in [7, 11) is -11.4. The van der Waals surface area contributed by atoms with Gasteiger partial charge in [-0.3, -0.25) is 0 Å². The molecule has 0 aromatic carbocycles. The minimum absolute atomic E-state index is 0. The Morgan fingerprint density at radius 2 is 1.09 bits per heavy atom. The number of rotatable bonds is 2. The molecule has 56 valence electrons. The molecular formula is CaO7P2Zn. The maximum Gasteiger partial charge on any atom is 2.00 e. The topological polar surface area (TPSA) is 136 Å². The average molecular weight is 279 g/mol. The molecule has 0 rings (SSSR count). The van der Waals surface area contributed by atoms with Crippen LogP contribution in [-0.4, -0.2) is 37.7 Å². The fourth-order valence-electron chi connectivity index (χ4n) is 0.122. The quantitative estimate of drug-likeness (QED) is 0.374. The fraction of sp³-hybridized carbons (Fsp3) is 0. The zero-order valence-electron chi connectivity index (χ0n) is 5.17. The summed E-state index contributed by atoms with van der Waals surface area (Å²) in [4.78, 5) is 37.3. The van der Waals surface area contributed by atoms with E-state index in [1.165, 1.54) is 0 Å². The third-order valence-electron chi connectivity index (χ3n) is 0.200. The first-order chi connectivity index (χ1) is 3.71. The summed E-state index contributed by atoms with van der Waals surface area (Å²) >= 11 is 0. The average Bonchev–Trinajstić information content (AvgIpc) is 1.14. The van der Waals surface area contributed by atoms with Crippen LogP contribution in [0.5, 0.6) is 0 Å². The monoisotopic (exact) mass is 278 g/mol. The van der Waals surface area contributed by atoms with Crippen molar-refractivity contribution in [1.29, 1.82) is 0 Å². The standard InChI is InChI=1S/Ca.H4O7P2.Zn/c;1-8(2,3)7-9(4,5)6;/h;(H2,1,2,3)(H2,4,5,6);/q+2;;+2/p-4. The normalized spacial score (nSPS) is 11.3. The summed E-state index contributed by atoms with van der Waals surface area (Å²) in [6.45, 7) is 0. The molecule has 0 aromatic rings. The molecular weight excluding hydrogens is 279 g/mol. The van der Waals surface area contributed by atoms with Gasteiger partial charge >= 0.3 is 57.2 Å². The second kappa shape index (κ2) is 6.58. The molecule has 0 saturated carbocycles. The summed E-state index contributed by atoms with van der Waals surface area (Å²) in [5.74, 6) is 0. The van der Waals surface area contributed by atoms with Gasteiger partial charge in [-0.25, -0.2) is 0 Å². The Kier molecular flexibility index (Phi) is 11.3. The Bertz CT molecular complexity index is 157. The third kappa shape index (κ3) is 18.8. The van der Waals surface area contributed by atoms with Gasteiger partial charge in [0, 0.05) is 0 Å². The SMILES string of the molecule is O=P([O-])([O-])OP(=O)([O-])[O-].[Ca+2].[Zn+2]. The van der Waals surface area contributed by atoms with Crippen molar-refractivity contribution >= 4 is 53.4 Å². The Morgan fingerprint density at radius 1 is 0.909 bits per heavy atom. The zero-order valence-corrected chi connectivity index (χ0v) is 12.1. The molecule has 0 spiro atoms. The van der Waals surface area contributed by atoms with Gasteiger partial charge in [0.2, 0.25) is 0 Å². The van der Waals surface area contributed by atoms with Gasteiger partial charge < -0.3 is 33.0 Å². The molecule has 0 bridgehead atoms. The van der Waals surface area contributed by atoms with Gasteiger partial charge in [0.1, 0.15) is 0 Å². The van der Waals surface area contributed by atoms with Crippen LogP contribution in [0.25, 0.3) is 0 Å². The maximum absolute atomic E-state index is 9.32. The molecule has 0 unspecified atom stereocenters. The molecule has 0 amide bonds. The van der Waals surface area contributed by atoms with Gasteiger partial charge in [-0.05, 0) is 0 Å². The molecule has 0 atom stereocenters. The van der Waals surface area contributed by atoms with Crippen LogP contribution >= 0.6 is 15.6 Å². The second-order valence-corrected chi connectivity index (χ2v) is 3.42. The Balaban J connectivity index is -0.000000320. The van der Waals surface area contributed by atoms with Crippen LogP contribution in [-0.2, 0) is 32.9 Å². The van der Waals surface area contributed by atoms with Crippen molar-refractivity contribution < 1.29 is 52.5 Å². The summed E-state index contributed by atoms with van der Waals surface area (Å²) < 4.78 is 21.2. The molecule has 0 aliphatic carbocycles. The maximum atomic E-state index is 9.32. The van der Waals surface area contributed by atoms with Crippen LogP contribution in [0.4, 0.5) is 0 Å². The smallest absolute Gasteiger partial charge is 0.790 e. The molecule has 0 heterocycles. The van der Waals surface area contributed by atoms with E-state index in [1.54, 1.807) is 0 Å². The number of phosphoric acid groups is 2. The van der Waals surface area contributed by atoms with Crippen LogP contribution in [0.3, 0.4) is 0 Å². The third-order valence-corrected chi connectivity index (χ3v) is 1.80. The van der Waals surface area contributed by atoms with Gasteiger partial charge in [-0.15, -0.1) is 0 Å². The summed E-state index contributed by atoms with van der Waals surface area (Å²) in [5, 5.41) is 0. The van der Waals surface area contributed by atoms with Crippen molar-refractivity contribution in [3.8, 4) is 0 Å². The molecule has 0 N–H and O–H groups in total. The number of hydrogen-bond acceptors (Lipinski definition) is 7. The summed E-state index contributed by atoms with van der Waals surface area (Å²) in [5.41, 5.74) is 0. The van der Waals surface area contributed by atoms with E-state index in [0.29, 0.717) is 0 Å². The molecule has 0 fully saturated rings. The first-order valence-corrected chi connectivity index (χ1v) is 4.38. The summed E-state index contributed by atoms with van der Waals surface area (Å²) in [6.07, 6.45) is 0. The Labute approximate surface area is 105 Å². The van der Waals surface area contributed by atoms with Crippen molar-refractivity contribution in [3.05, 3.63) is 0 Å². The van der Waals surface area contributed by atoms with E-state index >= 15 is 0 Å². The largest absolute Gasteiger partial charge is 2.00 e. The van der Waals surface area contributed by atoms with E-state index in [0.717, 1.165) is 0 Å². The zero-order chi connectivity index (χ0) is 7.71. The van der Waals surface area contributed by atoms with Gasteiger partial charge in [-0.1, -0.05) is 0 Å². The second-order valence-electron chi connectivity index (χ2n) is 0.976. The molecule has 11 heavy (non-hydrogen) atoms. The predicted octanol–water partition coefficient (Wildman–Crippen LogP) is -3.72.